The lowest BCUT2D eigenvalue weighted by Gasteiger charge is -2.00. The van der Waals surface area contributed by atoms with Crippen molar-refractivity contribution >= 4 is 45.8 Å². The molecule has 1 aromatic heterocycles. The van der Waals surface area contributed by atoms with Gasteiger partial charge in [0.05, 0.1) is 5.57 Å². The summed E-state index contributed by atoms with van der Waals surface area (Å²) >= 11 is 2.27. The maximum atomic E-state index is 12.2. The van der Waals surface area contributed by atoms with Crippen LogP contribution in [0.2, 0.25) is 0 Å². The lowest BCUT2D eigenvalue weighted by molar-refractivity contribution is -0.110. The average Bonchev–Trinajstić information content (AvgIpc) is 2.88. The minimum absolute atomic E-state index is 0.0308. The second-order valence-corrected chi connectivity index (χ2v) is 6.57. The number of halogens is 1. The lowest BCUT2D eigenvalue weighted by atomic mass is 10.0. The predicted octanol–water partition coefficient (Wildman–Crippen LogP) is 4.29. The number of fused-ring (bicyclic) bond motifs is 1. The summed E-state index contributed by atoms with van der Waals surface area (Å²) in [6, 6.07) is 6.01. The van der Waals surface area contributed by atoms with Gasteiger partial charge in [-0.25, -0.2) is 0 Å². The van der Waals surface area contributed by atoms with E-state index in [2.05, 4.69) is 53.7 Å². The molecule has 0 fully saturated rings. The van der Waals surface area contributed by atoms with Crippen LogP contribution in [0.3, 0.4) is 0 Å². The first kappa shape index (κ1) is 14.4. The highest BCUT2D eigenvalue weighted by Gasteiger charge is 2.24. The second-order valence-electron chi connectivity index (χ2n) is 5.32. The van der Waals surface area contributed by atoms with Crippen LogP contribution in [-0.2, 0) is 11.2 Å². The zero-order valence-electron chi connectivity index (χ0n) is 12.3. The van der Waals surface area contributed by atoms with Crippen molar-refractivity contribution in [1.82, 2.24) is 4.98 Å². The molecule has 4 heteroatoms. The molecule has 1 amide bonds. The number of benzene rings is 1. The Labute approximate surface area is 138 Å². The fourth-order valence-electron chi connectivity index (χ4n) is 2.94. The average molecular weight is 392 g/mol. The van der Waals surface area contributed by atoms with E-state index < -0.39 is 0 Å². The van der Waals surface area contributed by atoms with E-state index in [1.54, 1.807) is 0 Å². The molecule has 0 saturated carbocycles. The Balaban J connectivity index is 2.13. The van der Waals surface area contributed by atoms with Gasteiger partial charge in [-0.3, -0.25) is 4.79 Å². The number of hydrogen-bond donors (Lipinski definition) is 2. The molecular weight excluding hydrogens is 375 g/mol. The largest absolute Gasteiger partial charge is 0.359 e. The minimum Gasteiger partial charge on any atom is -0.359 e. The fraction of sp³-hybridized carbons (Fsp3) is 0.235. The van der Waals surface area contributed by atoms with Gasteiger partial charge in [0.25, 0.3) is 5.91 Å². The Morgan fingerprint density at radius 3 is 2.71 bits per heavy atom. The van der Waals surface area contributed by atoms with Crippen molar-refractivity contribution in [3.63, 3.8) is 0 Å². The van der Waals surface area contributed by atoms with Crippen LogP contribution in [0.4, 0.5) is 5.69 Å². The van der Waals surface area contributed by atoms with Crippen molar-refractivity contribution in [2.24, 2.45) is 0 Å². The van der Waals surface area contributed by atoms with Gasteiger partial charge in [-0.15, -0.1) is 0 Å². The van der Waals surface area contributed by atoms with E-state index in [-0.39, 0.29) is 5.91 Å². The summed E-state index contributed by atoms with van der Waals surface area (Å²) in [6.45, 7) is 6.34. The van der Waals surface area contributed by atoms with Crippen LogP contribution in [0.15, 0.2) is 18.2 Å². The highest BCUT2D eigenvalue weighted by atomic mass is 127. The Morgan fingerprint density at radius 2 is 2.05 bits per heavy atom. The van der Waals surface area contributed by atoms with Gasteiger partial charge in [0.1, 0.15) is 0 Å². The maximum absolute atomic E-state index is 12.2. The first-order valence-electron chi connectivity index (χ1n) is 7.02. The summed E-state index contributed by atoms with van der Waals surface area (Å²) in [7, 11) is 0. The van der Waals surface area contributed by atoms with Gasteiger partial charge in [-0.1, -0.05) is 6.92 Å². The Bertz CT molecular complexity index is 771. The molecule has 108 valence electrons. The number of nitrogens with one attached hydrogen (secondary N) is 2. The molecule has 2 aromatic rings. The van der Waals surface area contributed by atoms with Crippen LogP contribution in [0.1, 0.15) is 35.0 Å². The van der Waals surface area contributed by atoms with Gasteiger partial charge >= 0.3 is 0 Å². The Morgan fingerprint density at radius 1 is 1.29 bits per heavy atom. The van der Waals surface area contributed by atoms with Crippen LogP contribution in [0, 0.1) is 17.4 Å². The molecule has 1 aromatic carbocycles. The van der Waals surface area contributed by atoms with E-state index >= 15 is 0 Å². The van der Waals surface area contributed by atoms with Crippen molar-refractivity contribution in [1.29, 1.82) is 0 Å². The molecule has 1 aliphatic rings. The summed E-state index contributed by atoms with van der Waals surface area (Å²) in [4.78, 5) is 15.6. The molecule has 0 atom stereocenters. The Kier molecular flexibility index (Phi) is 3.65. The summed E-state index contributed by atoms with van der Waals surface area (Å²) in [5.74, 6) is -0.0308. The molecule has 3 nitrogen and oxygen atoms in total. The fourth-order valence-corrected chi connectivity index (χ4v) is 3.43. The van der Waals surface area contributed by atoms with Crippen LogP contribution in [0.5, 0.6) is 0 Å². The first-order chi connectivity index (χ1) is 10.0. The van der Waals surface area contributed by atoms with Crippen molar-refractivity contribution in [2.75, 3.05) is 5.32 Å². The summed E-state index contributed by atoms with van der Waals surface area (Å²) in [5, 5.41) is 2.93. The highest BCUT2D eigenvalue weighted by Crippen LogP contribution is 2.34. The van der Waals surface area contributed by atoms with Crippen LogP contribution in [0.25, 0.3) is 11.6 Å². The number of carbonyl (C=O) groups is 1. The third-order valence-corrected chi connectivity index (χ3v) is 4.71. The number of anilines is 1. The molecular formula is C17H17IN2O. The SMILES string of the molecule is CCc1c(C)[nH]c(C=C2C(=O)Nc3ccc(I)cc32)c1C. The topological polar surface area (TPSA) is 44.9 Å². The number of aryl methyl sites for hydroxylation is 1. The number of rotatable bonds is 2. The highest BCUT2D eigenvalue weighted by molar-refractivity contribution is 14.1. The molecule has 0 aliphatic carbocycles. The maximum Gasteiger partial charge on any atom is 0.256 e. The Hall–Kier alpha value is -1.56. The third kappa shape index (κ3) is 2.41. The number of amides is 1. The molecule has 0 spiro atoms. The molecule has 0 saturated heterocycles. The zero-order valence-corrected chi connectivity index (χ0v) is 14.5. The number of aromatic nitrogens is 1. The van der Waals surface area contributed by atoms with E-state index in [4.69, 9.17) is 0 Å². The number of aromatic amines is 1. The first-order valence-corrected chi connectivity index (χ1v) is 8.10. The number of hydrogen-bond acceptors (Lipinski definition) is 1. The minimum atomic E-state index is -0.0308. The van der Waals surface area contributed by atoms with Crippen LogP contribution in [-0.4, -0.2) is 10.9 Å². The van der Waals surface area contributed by atoms with Crippen LogP contribution >= 0.6 is 22.6 Å². The lowest BCUT2D eigenvalue weighted by Crippen LogP contribution is -2.03. The summed E-state index contributed by atoms with van der Waals surface area (Å²) < 4.78 is 1.13. The van der Waals surface area contributed by atoms with E-state index in [0.717, 1.165) is 32.5 Å². The van der Waals surface area contributed by atoms with Gasteiger partial charge in [0.2, 0.25) is 0 Å². The van der Waals surface area contributed by atoms with E-state index in [0.29, 0.717) is 0 Å². The molecule has 21 heavy (non-hydrogen) atoms. The second kappa shape index (κ2) is 5.33. The summed E-state index contributed by atoms with van der Waals surface area (Å²) in [6.07, 6.45) is 2.97. The number of H-pyrrole nitrogens is 1. The van der Waals surface area contributed by atoms with E-state index in [1.165, 1.54) is 16.8 Å². The number of carbonyl (C=O) groups excluding carboxylic acids is 1. The van der Waals surface area contributed by atoms with Gasteiger partial charge < -0.3 is 10.3 Å². The van der Waals surface area contributed by atoms with E-state index in [9.17, 15) is 4.79 Å². The molecule has 3 rings (SSSR count). The molecule has 2 heterocycles. The predicted molar refractivity (Wildman–Crippen MR) is 95.3 cm³/mol. The van der Waals surface area contributed by atoms with E-state index in [1.807, 2.05) is 24.3 Å². The van der Waals surface area contributed by atoms with Gasteiger partial charge in [0, 0.05) is 26.2 Å². The molecule has 1 aliphatic heterocycles. The quantitative estimate of drug-likeness (QED) is 0.581. The molecule has 0 bridgehead atoms. The third-order valence-electron chi connectivity index (χ3n) is 4.04. The standard InChI is InChI=1S/C17H17IN2O/c1-4-12-9(2)16(19-10(12)3)8-14-13-7-11(18)5-6-15(13)20-17(14)21/h5-8,19H,4H2,1-3H3,(H,20,21). The van der Waals surface area contributed by atoms with Crippen LogP contribution < -0.4 is 5.32 Å². The zero-order chi connectivity index (χ0) is 15.1. The van der Waals surface area contributed by atoms with Crippen molar-refractivity contribution in [2.45, 2.75) is 27.2 Å². The van der Waals surface area contributed by atoms with Crippen molar-refractivity contribution < 1.29 is 4.79 Å². The van der Waals surface area contributed by atoms with Gasteiger partial charge in [-0.05, 0) is 78.3 Å². The van der Waals surface area contributed by atoms with Crippen molar-refractivity contribution in [3.05, 3.63) is 49.8 Å². The molecule has 2 N–H and O–H groups in total. The molecule has 0 radical (unpaired) electrons. The molecule has 0 unspecified atom stereocenters. The van der Waals surface area contributed by atoms with Gasteiger partial charge in [0.15, 0.2) is 0 Å². The normalized spacial score (nSPS) is 15.4. The summed E-state index contributed by atoms with van der Waals surface area (Å²) in [5.41, 5.74) is 7.39. The smallest absolute Gasteiger partial charge is 0.256 e. The monoisotopic (exact) mass is 392 g/mol. The van der Waals surface area contributed by atoms with Crippen molar-refractivity contribution in [3.8, 4) is 0 Å². The van der Waals surface area contributed by atoms with Gasteiger partial charge in [-0.2, -0.15) is 0 Å².